The number of benzene rings is 1. The van der Waals surface area contributed by atoms with Crippen molar-refractivity contribution in [2.24, 2.45) is 4.36 Å². The summed E-state index contributed by atoms with van der Waals surface area (Å²) in [6.45, 7) is 4.66. The van der Waals surface area contributed by atoms with Gasteiger partial charge < -0.3 is 10.2 Å². The average Bonchev–Trinajstić information content (AvgIpc) is 2.78. The highest BCUT2D eigenvalue weighted by Gasteiger charge is 2.33. The van der Waals surface area contributed by atoms with Crippen LogP contribution in [0.1, 0.15) is 54.5 Å². The predicted molar refractivity (Wildman–Crippen MR) is 117 cm³/mol. The van der Waals surface area contributed by atoms with Crippen molar-refractivity contribution in [2.45, 2.75) is 51.4 Å². The fourth-order valence-corrected chi connectivity index (χ4v) is 4.03. The van der Waals surface area contributed by atoms with E-state index in [9.17, 15) is 21.6 Å². The van der Waals surface area contributed by atoms with E-state index >= 15 is 0 Å². The molecule has 32 heavy (non-hydrogen) atoms. The molecule has 1 aromatic heterocycles. The lowest BCUT2D eigenvalue weighted by Crippen LogP contribution is -2.32. The van der Waals surface area contributed by atoms with E-state index in [1.54, 1.807) is 0 Å². The van der Waals surface area contributed by atoms with E-state index in [0.717, 1.165) is 55.1 Å². The Morgan fingerprint density at radius 3 is 2.41 bits per heavy atom. The van der Waals surface area contributed by atoms with E-state index < -0.39 is 22.4 Å². The lowest BCUT2D eigenvalue weighted by atomic mass is 9.99. The molecule has 1 aromatic carbocycles. The lowest BCUT2D eigenvalue weighted by Gasteiger charge is -2.30. The van der Waals surface area contributed by atoms with E-state index in [1.165, 1.54) is 6.07 Å². The number of piperidine rings is 1. The van der Waals surface area contributed by atoms with Gasteiger partial charge in [0, 0.05) is 31.7 Å². The van der Waals surface area contributed by atoms with E-state index in [2.05, 4.69) is 21.6 Å². The summed E-state index contributed by atoms with van der Waals surface area (Å²) in [6, 6.07) is 10.1. The van der Waals surface area contributed by atoms with Crippen molar-refractivity contribution < 1.29 is 21.6 Å². The van der Waals surface area contributed by atoms with Gasteiger partial charge in [0.1, 0.15) is 11.5 Å². The van der Waals surface area contributed by atoms with Gasteiger partial charge in [-0.1, -0.05) is 37.3 Å². The Hall–Kier alpha value is -2.46. The van der Waals surface area contributed by atoms with Crippen LogP contribution in [-0.2, 0) is 29.8 Å². The zero-order chi connectivity index (χ0) is 23.1. The lowest BCUT2D eigenvalue weighted by molar-refractivity contribution is -0.141. The second-order valence-electron chi connectivity index (χ2n) is 8.00. The van der Waals surface area contributed by atoms with Gasteiger partial charge in [0.15, 0.2) is 0 Å². The van der Waals surface area contributed by atoms with Gasteiger partial charge in [0.2, 0.25) is 0 Å². The van der Waals surface area contributed by atoms with Gasteiger partial charge in [0.25, 0.3) is 0 Å². The van der Waals surface area contributed by atoms with E-state index in [4.69, 9.17) is 0 Å². The predicted octanol–water partition coefficient (Wildman–Crippen LogP) is 4.55. The third kappa shape index (κ3) is 6.77. The Morgan fingerprint density at radius 2 is 1.78 bits per heavy atom. The topological polar surface area (TPSA) is 74.7 Å². The molecule has 1 atom stereocenters. The maximum atomic E-state index is 13.2. The highest BCUT2D eigenvalue weighted by molar-refractivity contribution is 7.61. The molecule has 0 aliphatic carbocycles. The van der Waals surface area contributed by atoms with Crippen LogP contribution >= 0.6 is 0 Å². The molecule has 2 aromatic rings. The first kappa shape index (κ1) is 24.2. The Balaban J connectivity index is 1.65. The van der Waals surface area contributed by atoms with Gasteiger partial charge in [-0.2, -0.15) is 26.0 Å². The first-order valence-corrected chi connectivity index (χ1v) is 11.7. The normalized spacial score (nSPS) is 15.4. The largest absolute Gasteiger partial charge is 0.433 e. The van der Waals surface area contributed by atoms with Crippen molar-refractivity contribution in [3.8, 4) is 0 Å². The van der Waals surface area contributed by atoms with Gasteiger partial charge in [-0.3, -0.25) is 0 Å². The van der Waals surface area contributed by atoms with Crippen LogP contribution in [0.2, 0.25) is 0 Å². The van der Waals surface area contributed by atoms with Crippen molar-refractivity contribution in [3.63, 3.8) is 0 Å². The molecule has 0 saturated carbocycles. The first-order chi connectivity index (χ1) is 15.2. The zero-order valence-corrected chi connectivity index (χ0v) is 18.7. The fraction of sp³-hybridized carbons (Fsp3) is 0.500. The minimum atomic E-state index is -4.47. The molecule has 1 unspecified atom stereocenters. The Morgan fingerprint density at radius 1 is 1.09 bits per heavy atom. The zero-order valence-electron chi connectivity index (χ0n) is 17.9. The number of halogens is 3. The number of rotatable bonds is 8. The number of hydrogen-bond donors (Lipinski definition) is 1. The molecule has 1 aliphatic heterocycles. The third-order valence-corrected chi connectivity index (χ3v) is 5.91. The maximum absolute atomic E-state index is 13.2. The van der Waals surface area contributed by atoms with E-state index in [0.29, 0.717) is 18.9 Å². The summed E-state index contributed by atoms with van der Waals surface area (Å²) >= 11 is 0. The Bertz CT molecular complexity index is 1030. The molecule has 0 bridgehead atoms. The van der Waals surface area contributed by atoms with Crippen molar-refractivity contribution in [1.29, 1.82) is 0 Å². The summed E-state index contributed by atoms with van der Waals surface area (Å²) in [7, 11) is -2.42. The summed E-state index contributed by atoms with van der Waals surface area (Å²) in [5, 5.41) is 3.34. The molecule has 0 amide bonds. The van der Waals surface area contributed by atoms with Crippen LogP contribution in [0.15, 0.2) is 40.8 Å². The van der Waals surface area contributed by atoms with Crippen LogP contribution < -0.4 is 10.2 Å². The molecule has 6 nitrogen and oxygen atoms in total. The Labute approximate surface area is 187 Å². The monoisotopic (exact) mass is 468 g/mol. The second-order valence-corrected chi connectivity index (χ2v) is 8.69. The van der Waals surface area contributed by atoms with Crippen molar-refractivity contribution in [2.75, 3.05) is 24.5 Å². The second kappa shape index (κ2) is 10.9. The molecular weight excluding hydrogens is 441 g/mol. The van der Waals surface area contributed by atoms with Gasteiger partial charge >= 0.3 is 16.7 Å². The molecule has 1 saturated heterocycles. The summed E-state index contributed by atoms with van der Waals surface area (Å²) in [5.74, 6) is 0.582. The average molecular weight is 469 g/mol. The quantitative estimate of drug-likeness (QED) is 0.615. The van der Waals surface area contributed by atoms with E-state index in [1.807, 2.05) is 29.2 Å². The van der Waals surface area contributed by atoms with Crippen LogP contribution in [0.5, 0.6) is 0 Å². The van der Waals surface area contributed by atoms with Crippen LogP contribution in [-0.4, -0.2) is 33.0 Å². The molecule has 1 N–H and O–H groups in total. The van der Waals surface area contributed by atoms with Crippen LogP contribution in [0.3, 0.4) is 0 Å². The maximum Gasteiger partial charge on any atom is 0.433 e. The SMILES string of the molecule is CC(CNCc1ccc(C(F)(F)F)nc1N1CCCCC1)c1ccc(CN=S(=O)=O)cc1. The molecule has 0 radical (unpaired) electrons. The summed E-state index contributed by atoms with van der Waals surface area (Å²) in [4.78, 5) is 5.93. The number of hydrogen-bond acceptors (Lipinski definition) is 6. The minimum absolute atomic E-state index is 0.114. The number of nitrogens with zero attached hydrogens (tertiary/aromatic N) is 3. The molecule has 174 valence electrons. The number of pyridine rings is 1. The molecule has 2 heterocycles. The van der Waals surface area contributed by atoms with Gasteiger partial charge in [-0.05, 0) is 42.4 Å². The highest BCUT2D eigenvalue weighted by atomic mass is 32.2. The van der Waals surface area contributed by atoms with Crippen LogP contribution in [0.4, 0.5) is 19.0 Å². The number of nitrogens with one attached hydrogen (secondary N) is 1. The molecule has 0 spiro atoms. The molecule has 3 rings (SSSR count). The van der Waals surface area contributed by atoms with Crippen LogP contribution in [0.25, 0.3) is 0 Å². The third-order valence-electron chi connectivity index (χ3n) is 5.57. The summed E-state index contributed by atoms with van der Waals surface area (Å²) in [6.07, 6.45) is -1.47. The highest BCUT2D eigenvalue weighted by Crippen LogP contribution is 2.31. The van der Waals surface area contributed by atoms with Crippen molar-refractivity contribution >= 4 is 16.3 Å². The summed E-state index contributed by atoms with van der Waals surface area (Å²) in [5.41, 5.74) is 1.78. The molecule has 1 aliphatic rings. The van der Waals surface area contributed by atoms with Gasteiger partial charge in [-0.25, -0.2) is 4.98 Å². The van der Waals surface area contributed by atoms with Crippen molar-refractivity contribution in [1.82, 2.24) is 10.3 Å². The molecule has 1 fully saturated rings. The van der Waals surface area contributed by atoms with Gasteiger partial charge in [0.05, 0.1) is 6.54 Å². The Kier molecular flexibility index (Phi) is 8.25. The van der Waals surface area contributed by atoms with Crippen molar-refractivity contribution in [3.05, 3.63) is 58.8 Å². The number of alkyl halides is 3. The number of anilines is 1. The minimum Gasteiger partial charge on any atom is -0.356 e. The standard InChI is InChI=1S/C22H27F3N4O2S/c1-16(18-7-5-17(6-8-18)14-27-32(30)31)13-26-15-19-9-10-20(22(23,24)25)28-21(19)29-11-3-2-4-12-29/h5-10,16,26H,2-4,11-15H2,1H3. The van der Waals surface area contributed by atoms with Gasteiger partial charge in [-0.15, -0.1) is 0 Å². The van der Waals surface area contributed by atoms with Crippen LogP contribution in [0, 0.1) is 0 Å². The molecular formula is C22H27F3N4O2S. The fourth-order valence-electron chi connectivity index (χ4n) is 3.77. The van der Waals surface area contributed by atoms with E-state index in [-0.39, 0.29) is 12.5 Å². The summed E-state index contributed by atoms with van der Waals surface area (Å²) < 4.78 is 64.1. The molecule has 10 heteroatoms. The number of aromatic nitrogens is 1. The first-order valence-electron chi connectivity index (χ1n) is 10.6. The smallest absolute Gasteiger partial charge is 0.356 e.